The van der Waals surface area contributed by atoms with Crippen LogP contribution in [0.2, 0.25) is 5.02 Å². The van der Waals surface area contributed by atoms with Crippen LogP contribution in [0.25, 0.3) is 0 Å². The van der Waals surface area contributed by atoms with Gasteiger partial charge in [-0.05, 0) is 31.0 Å². The number of rotatable bonds is 2. The Balaban J connectivity index is 2.12. The molecule has 1 aromatic rings. The Bertz CT molecular complexity index is 453. The Morgan fingerprint density at radius 1 is 1.53 bits per heavy atom. The molecule has 0 aliphatic carbocycles. The van der Waals surface area contributed by atoms with E-state index in [-0.39, 0.29) is 5.91 Å². The van der Waals surface area contributed by atoms with Crippen LogP contribution in [0.1, 0.15) is 29.3 Å². The fourth-order valence-corrected chi connectivity index (χ4v) is 2.31. The number of hydrogen-bond acceptors (Lipinski definition) is 2. The van der Waals surface area contributed by atoms with Crippen molar-refractivity contribution in [1.82, 2.24) is 4.90 Å². The van der Waals surface area contributed by atoms with Gasteiger partial charge in [-0.1, -0.05) is 24.6 Å². The molecule has 1 aliphatic heterocycles. The second kappa shape index (κ2) is 4.31. The van der Waals surface area contributed by atoms with Gasteiger partial charge >= 0.3 is 0 Å². The second-order valence-electron chi connectivity index (χ2n) is 4.72. The van der Waals surface area contributed by atoms with E-state index in [1.165, 1.54) is 0 Å². The summed E-state index contributed by atoms with van der Waals surface area (Å²) in [6.07, 6.45) is 0.665. The molecule has 1 aromatic carbocycles. The van der Waals surface area contributed by atoms with Gasteiger partial charge in [-0.25, -0.2) is 0 Å². The highest BCUT2D eigenvalue weighted by atomic mass is 35.5. The normalized spacial score (nSPS) is 17.8. The molecule has 1 aliphatic rings. The molecule has 0 atom stereocenters. The molecule has 0 radical (unpaired) electrons. The standard InChI is InChI=1S/C13H16ClNO2/c1-3-13(17)7-15(8-13)12(16)10-5-4-9(2)6-11(10)14/h4-6,17H,3,7-8H2,1-2H3. The molecule has 0 saturated carbocycles. The molecule has 1 saturated heterocycles. The third-order valence-electron chi connectivity index (χ3n) is 3.27. The number of hydrogen-bond donors (Lipinski definition) is 1. The van der Waals surface area contributed by atoms with Crippen molar-refractivity contribution in [2.24, 2.45) is 0 Å². The van der Waals surface area contributed by atoms with Gasteiger partial charge in [0.2, 0.25) is 0 Å². The van der Waals surface area contributed by atoms with Crippen LogP contribution in [0.4, 0.5) is 0 Å². The minimum Gasteiger partial charge on any atom is -0.386 e. The van der Waals surface area contributed by atoms with E-state index < -0.39 is 5.60 Å². The molecule has 2 rings (SSSR count). The number of likely N-dealkylation sites (tertiary alicyclic amines) is 1. The van der Waals surface area contributed by atoms with Crippen molar-refractivity contribution < 1.29 is 9.90 Å². The number of carbonyl (C=O) groups excluding carboxylic acids is 1. The van der Waals surface area contributed by atoms with Gasteiger partial charge in [-0.2, -0.15) is 0 Å². The minimum absolute atomic E-state index is 0.104. The molecule has 1 N–H and O–H groups in total. The van der Waals surface area contributed by atoms with Gasteiger partial charge in [0.25, 0.3) is 5.91 Å². The molecular weight excluding hydrogens is 238 g/mol. The molecule has 1 amide bonds. The average Bonchev–Trinajstić information content (AvgIpc) is 2.24. The fraction of sp³-hybridized carbons (Fsp3) is 0.462. The number of carbonyl (C=O) groups is 1. The number of β-amino-alcohol motifs (C(OH)–C–C–N with tert-alkyl or cyclic N) is 1. The molecule has 92 valence electrons. The van der Waals surface area contributed by atoms with Crippen molar-refractivity contribution in [3.63, 3.8) is 0 Å². The maximum Gasteiger partial charge on any atom is 0.255 e. The summed E-state index contributed by atoms with van der Waals surface area (Å²) in [4.78, 5) is 13.7. The van der Waals surface area contributed by atoms with E-state index in [1.807, 2.05) is 19.9 Å². The quantitative estimate of drug-likeness (QED) is 0.878. The maximum atomic E-state index is 12.1. The summed E-state index contributed by atoms with van der Waals surface area (Å²) in [7, 11) is 0. The number of aryl methyl sites for hydroxylation is 1. The van der Waals surface area contributed by atoms with Crippen LogP contribution in [0.3, 0.4) is 0 Å². The first-order valence-electron chi connectivity index (χ1n) is 5.73. The number of aliphatic hydroxyl groups is 1. The first-order valence-corrected chi connectivity index (χ1v) is 6.11. The Morgan fingerprint density at radius 3 is 2.71 bits per heavy atom. The highest BCUT2D eigenvalue weighted by molar-refractivity contribution is 6.33. The van der Waals surface area contributed by atoms with Crippen LogP contribution < -0.4 is 0 Å². The van der Waals surface area contributed by atoms with Gasteiger partial charge in [-0.3, -0.25) is 4.79 Å². The third kappa shape index (κ3) is 2.31. The Morgan fingerprint density at radius 2 is 2.18 bits per heavy atom. The van der Waals surface area contributed by atoms with E-state index in [0.717, 1.165) is 5.56 Å². The van der Waals surface area contributed by atoms with Crippen LogP contribution >= 0.6 is 11.6 Å². The molecule has 3 nitrogen and oxygen atoms in total. The summed E-state index contributed by atoms with van der Waals surface area (Å²) >= 11 is 6.04. The molecule has 1 fully saturated rings. The summed E-state index contributed by atoms with van der Waals surface area (Å²) in [5, 5.41) is 10.3. The molecule has 17 heavy (non-hydrogen) atoms. The van der Waals surface area contributed by atoms with Crippen molar-refractivity contribution in [1.29, 1.82) is 0 Å². The lowest BCUT2D eigenvalue weighted by atomic mass is 9.90. The van der Waals surface area contributed by atoms with Crippen molar-refractivity contribution in [2.75, 3.05) is 13.1 Å². The van der Waals surface area contributed by atoms with Crippen molar-refractivity contribution in [3.8, 4) is 0 Å². The highest BCUT2D eigenvalue weighted by Gasteiger charge is 2.42. The SMILES string of the molecule is CCC1(O)CN(C(=O)c2ccc(C)cc2Cl)C1. The van der Waals surface area contributed by atoms with E-state index in [9.17, 15) is 9.90 Å². The lowest BCUT2D eigenvalue weighted by Gasteiger charge is -2.46. The largest absolute Gasteiger partial charge is 0.386 e. The minimum atomic E-state index is -0.702. The number of benzene rings is 1. The molecule has 1 heterocycles. The Hall–Kier alpha value is -1.06. The van der Waals surface area contributed by atoms with Gasteiger partial charge in [-0.15, -0.1) is 0 Å². The zero-order valence-corrected chi connectivity index (χ0v) is 10.8. The van der Waals surface area contributed by atoms with E-state index in [0.29, 0.717) is 30.1 Å². The maximum absolute atomic E-state index is 12.1. The molecule has 0 spiro atoms. The van der Waals surface area contributed by atoms with Crippen molar-refractivity contribution >= 4 is 17.5 Å². The zero-order chi connectivity index (χ0) is 12.6. The Kier molecular flexibility index (Phi) is 3.15. The first kappa shape index (κ1) is 12.4. The average molecular weight is 254 g/mol. The summed E-state index contributed by atoms with van der Waals surface area (Å²) < 4.78 is 0. The second-order valence-corrected chi connectivity index (χ2v) is 5.13. The van der Waals surface area contributed by atoms with Crippen molar-refractivity contribution in [3.05, 3.63) is 34.3 Å². The first-order chi connectivity index (χ1) is 7.95. The third-order valence-corrected chi connectivity index (χ3v) is 3.58. The number of amides is 1. The lowest BCUT2D eigenvalue weighted by Crippen LogP contribution is -2.63. The molecule has 0 bridgehead atoms. The van der Waals surface area contributed by atoms with Crippen LogP contribution in [0.15, 0.2) is 18.2 Å². The number of halogens is 1. The Labute approximate surface area is 106 Å². The molecule has 0 unspecified atom stereocenters. The summed E-state index contributed by atoms with van der Waals surface area (Å²) in [6, 6.07) is 5.38. The van der Waals surface area contributed by atoms with Crippen molar-refractivity contribution in [2.45, 2.75) is 25.9 Å². The predicted molar refractivity (Wildman–Crippen MR) is 67.3 cm³/mol. The van der Waals surface area contributed by atoms with Crippen LogP contribution in [0.5, 0.6) is 0 Å². The number of nitrogens with zero attached hydrogens (tertiary/aromatic N) is 1. The lowest BCUT2D eigenvalue weighted by molar-refractivity contribution is -0.0826. The predicted octanol–water partition coefficient (Wildman–Crippen LogP) is 2.25. The van der Waals surface area contributed by atoms with Gasteiger partial charge < -0.3 is 10.0 Å². The van der Waals surface area contributed by atoms with Crippen LogP contribution in [-0.2, 0) is 0 Å². The fourth-order valence-electron chi connectivity index (χ4n) is 2.00. The zero-order valence-electron chi connectivity index (χ0n) is 10.0. The summed E-state index contributed by atoms with van der Waals surface area (Å²) in [5.74, 6) is -0.104. The van der Waals surface area contributed by atoms with E-state index in [1.54, 1.807) is 17.0 Å². The van der Waals surface area contributed by atoms with Crippen LogP contribution in [-0.4, -0.2) is 34.6 Å². The monoisotopic (exact) mass is 253 g/mol. The topological polar surface area (TPSA) is 40.5 Å². The summed E-state index contributed by atoms with van der Waals surface area (Å²) in [6.45, 7) is 4.64. The molecule has 0 aromatic heterocycles. The summed E-state index contributed by atoms with van der Waals surface area (Å²) in [5.41, 5.74) is 0.836. The van der Waals surface area contributed by atoms with Gasteiger partial charge in [0.05, 0.1) is 29.3 Å². The molecular formula is C13H16ClNO2. The van der Waals surface area contributed by atoms with E-state index in [4.69, 9.17) is 11.6 Å². The van der Waals surface area contributed by atoms with Gasteiger partial charge in [0.1, 0.15) is 0 Å². The van der Waals surface area contributed by atoms with Crippen LogP contribution in [0, 0.1) is 6.92 Å². The van der Waals surface area contributed by atoms with E-state index >= 15 is 0 Å². The molecule has 4 heteroatoms. The smallest absolute Gasteiger partial charge is 0.255 e. The van der Waals surface area contributed by atoms with E-state index in [2.05, 4.69) is 0 Å². The van der Waals surface area contributed by atoms with Gasteiger partial charge in [0, 0.05) is 0 Å². The highest BCUT2D eigenvalue weighted by Crippen LogP contribution is 2.28. The van der Waals surface area contributed by atoms with Gasteiger partial charge in [0.15, 0.2) is 0 Å².